The number of hydrogen-bond donors (Lipinski definition) is 2. The van der Waals surface area contributed by atoms with Gasteiger partial charge in [0, 0.05) is 24.4 Å². The van der Waals surface area contributed by atoms with E-state index in [4.69, 9.17) is 0 Å². The first-order valence-electron chi connectivity index (χ1n) is 7.34. The van der Waals surface area contributed by atoms with Crippen LogP contribution in [0, 0.1) is 5.41 Å². The molecule has 1 aliphatic heterocycles. The molecule has 2 rings (SSSR count). The van der Waals surface area contributed by atoms with E-state index in [0.717, 1.165) is 19.3 Å². The zero-order valence-corrected chi connectivity index (χ0v) is 13.0. The highest BCUT2D eigenvalue weighted by atomic mass is 32.2. The SMILES string of the molecule is CCC1(C(=O)O)CCN(C(=O)NC2CCCC2SC)C1. The molecule has 0 aromatic heterocycles. The fraction of sp³-hybridized carbons (Fsp3) is 0.857. The van der Waals surface area contributed by atoms with Crippen LogP contribution in [0.4, 0.5) is 4.79 Å². The van der Waals surface area contributed by atoms with E-state index in [1.807, 2.05) is 6.92 Å². The van der Waals surface area contributed by atoms with Gasteiger partial charge in [0.15, 0.2) is 0 Å². The Bertz CT molecular complexity index is 391. The van der Waals surface area contributed by atoms with E-state index < -0.39 is 11.4 Å². The van der Waals surface area contributed by atoms with E-state index in [-0.39, 0.29) is 12.1 Å². The van der Waals surface area contributed by atoms with Crippen molar-refractivity contribution in [1.82, 2.24) is 10.2 Å². The Labute approximate surface area is 124 Å². The second-order valence-corrected chi connectivity index (χ2v) is 6.95. The number of amides is 2. The molecule has 2 N–H and O–H groups in total. The van der Waals surface area contributed by atoms with E-state index in [0.29, 0.717) is 31.2 Å². The van der Waals surface area contributed by atoms with Crippen LogP contribution in [-0.4, -0.2) is 52.6 Å². The van der Waals surface area contributed by atoms with E-state index in [1.54, 1.807) is 16.7 Å². The molecule has 1 heterocycles. The fourth-order valence-corrected chi connectivity index (χ4v) is 4.22. The molecule has 2 fully saturated rings. The molecule has 20 heavy (non-hydrogen) atoms. The molecule has 0 radical (unpaired) electrons. The third-order valence-electron chi connectivity index (χ3n) is 4.84. The topological polar surface area (TPSA) is 69.6 Å². The van der Waals surface area contributed by atoms with Gasteiger partial charge in [0.2, 0.25) is 0 Å². The van der Waals surface area contributed by atoms with Gasteiger partial charge in [0.05, 0.1) is 5.41 Å². The summed E-state index contributed by atoms with van der Waals surface area (Å²) in [6.45, 7) is 2.76. The largest absolute Gasteiger partial charge is 0.481 e. The monoisotopic (exact) mass is 300 g/mol. The number of likely N-dealkylation sites (tertiary alicyclic amines) is 1. The molecule has 5 nitrogen and oxygen atoms in total. The van der Waals surface area contributed by atoms with Gasteiger partial charge in [-0.3, -0.25) is 4.79 Å². The van der Waals surface area contributed by atoms with Crippen molar-refractivity contribution in [2.75, 3.05) is 19.3 Å². The maximum absolute atomic E-state index is 12.3. The molecular formula is C14H24N2O3S. The number of carboxylic acid groups (broad SMARTS) is 1. The lowest BCUT2D eigenvalue weighted by Crippen LogP contribution is -2.47. The molecule has 1 saturated heterocycles. The number of rotatable bonds is 4. The molecule has 1 aliphatic carbocycles. The predicted molar refractivity (Wildman–Crippen MR) is 80.0 cm³/mol. The number of aliphatic carboxylic acids is 1. The van der Waals surface area contributed by atoms with Crippen LogP contribution in [0.5, 0.6) is 0 Å². The summed E-state index contributed by atoms with van der Waals surface area (Å²) >= 11 is 1.81. The first-order valence-corrected chi connectivity index (χ1v) is 8.63. The standard InChI is InChI=1S/C14H24N2O3S/c1-3-14(12(17)18)7-8-16(9-14)13(19)15-10-5-4-6-11(10)20-2/h10-11H,3-9H2,1-2H3,(H,15,19)(H,17,18). The zero-order chi connectivity index (χ0) is 14.8. The lowest BCUT2D eigenvalue weighted by molar-refractivity contribution is -0.148. The Morgan fingerprint density at radius 2 is 2.20 bits per heavy atom. The molecular weight excluding hydrogens is 276 g/mol. The van der Waals surface area contributed by atoms with Crippen LogP contribution in [0.2, 0.25) is 0 Å². The smallest absolute Gasteiger partial charge is 0.317 e. The lowest BCUT2D eigenvalue weighted by atomic mass is 9.84. The van der Waals surface area contributed by atoms with Crippen molar-refractivity contribution in [2.45, 2.75) is 50.3 Å². The summed E-state index contributed by atoms with van der Waals surface area (Å²) in [5.41, 5.74) is -0.744. The first kappa shape index (κ1) is 15.5. The van der Waals surface area contributed by atoms with Gasteiger partial charge >= 0.3 is 12.0 Å². The van der Waals surface area contributed by atoms with Crippen molar-refractivity contribution >= 4 is 23.8 Å². The normalized spacial score (nSPS) is 33.4. The predicted octanol–water partition coefficient (Wildman–Crippen LogP) is 2.17. The maximum Gasteiger partial charge on any atom is 0.317 e. The highest BCUT2D eigenvalue weighted by Gasteiger charge is 2.45. The number of carboxylic acids is 1. The van der Waals surface area contributed by atoms with Crippen LogP contribution in [-0.2, 0) is 4.79 Å². The molecule has 2 amide bonds. The van der Waals surface area contributed by atoms with Gasteiger partial charge < -0.3 is 15.3 Å². The Hall–Kier alpha value is -0.910. The minimum atomic E-state index is -0.779. The zero-order valence-electron chi connectivity index (χ0n) is 12.2. The summed E-state index contributed by atoms with van der Waals surface area (Å²) in [6.07, 6.45) is 6.55. The number of carbonyl (C=O) groups is 2. The van der Waals surface area contributed by atoms with Crippen LogP contribution >= 0.6 is 11.8 Å². The number of nitrogens with zero attached hydrogens (tertiary/aromatic N) is 1. The second-order valence-electron chi connectivity index (χ2n) is 5.87. The second kappa shape index (κ2) is 6.24. The number of thioether (sulfide) groups is 1. The van der Waals surface area contributed by atoms with Crippen LogP contribution in [0.15, 0.2) is 0 Å². The number of hydrogen-bond acceptors (Lipinski definition) is 3. The number of urea groups is 1. The highest BCUT2D eigenvalue weighted by Crippen LogP contribution is 2.34. The minimum Gasteiger partial charge on any atom is -0.481 e. The van der Waals surface area contributed by atoms with E-state index >= 15 is 0 Å². The highest BCUT2D eigenvalue weighted by molar-refractivity contribution is 7.99. The fourth-order valence-electron chi connectivity index (χ4n) is 3.28. The van der Waals surface area contributed by atoms with Crippen molar-refractivity contribution in [3.05, 3.63) is 0 Å². The minimum absolute atomic E-state index is 0.0903. The summed E-state index contributed by atoms with van der Waals surface area (Å²) < 4.78 is 0. The lowest BCUT2D eigenvalue weighted by Gasteiger charge is -2.26. The molecule has 6 heteroatoms. The maximum atomic E-state index is 12.3. The van der Waals surface area contributed by atoms with Crippen molar-refractivity contribution in [3.63, 3.8) is 0 Å². The summed E-state index contributed by atoms with van der Waals surface area (Å²) in [7, 11) is 0. The third-order valence-corrected chi connectivity index (χ3v) is 6.01. The van der Waals surface area contributed by atoms with Crippen LogP contribution < -0.4 is 5.32 Å². The molecule has 0 aromatic rings. The Balaban J connectivity index is 1.93. The van der Waals surface area contributed by atoms with Crippen molar-refractivity contribution < 1.29 is 14.7 Å². The van der Waals surface area contributed by atoms with E-state index in [9.17, 15) is 14.7 Å². The summed E-state index contributed by atoms with van der Waals surface area (Å²) in [5.74, 6) is -0.779. The Kier molecular flexibility index (Phi) is 4.83. The Morgan fingerprint density at radius 1 is 1.45 bits per heavy atom. The van der Waals surface area contributed by atoms with Crippen LogP contribution in [0.25, 0.3) is 0 Å². The average molecular weight is 300 g/mol. The van der Waals surface area contributed by atoms with Gasteiger partial charge in [0.25, 0.3) is 0 Å². The molecule has 114 valence electrons. The van der Waals surface area contributed by atoms with Crippen LogP contribution in [0.1, 0.15) is 39.0 Å². The molecule has 0 bridgehead atoms. The van der Waals surface area contributed by atoms with E-state index in [1.165, 1.54) is 0 Å². The average Bonchev–Trinajstić information content (AvgIpc) is 3.05. The van der Waals surface area contributed by atoms with Gasteiger partial charge in [0.1, 0.15) is 0 Å². The van der Waals surface area contributed by atoms with E-state index in [2.05, 4.69) is 11.6 Å². The molecule has 0 spiro atoms. The molecule has 2 aliphatic rings. The van der Waals surface area contributed by atoms with Crippen molar-refractivity contribution in [3.8, 4) is 0 Å². The molecule has 3 unspecified atom stereocenters. The molecule has 3 atom stereocenters. The van der Waals surface area contributed by atoms with Crippen LogP contribution in [0.3, 0.4) is 0 Å². The van der Waals surface area contributed by atoms with Crippen molar-refractivity contribution in [2.24, 2.45) is 5.41 Å². The molecule has 0 aromatic carbocycles. The van der Waals surface area contributed by atoms with Gasteiger partial charge in [-0.25, -0.2) is 4.79 Å². The number of carbonyl (C=O) groups excluding carboxylic acids is 1. The first-order chi connectivity index (χ1) is 9.52. The van der Waals surface area contributed by atoms with Crippen molar-refractivity contribution in [1.29, 1.82) is 0 Å². The van der Waals surface area contributed by atoms with Gasteiger partial charge in [-0.05, 0) is 31.9 Å². The van der Waals surface area contributed by atoms with Gasteiger partial charge in [-0.1, -0.05) is 13.3 Å². The third kappa shape index (κ3) is 2.90. The van der Waals surface area contributed by atoms with Gasteiger partial charge in [-0.15, -0.1) is 0 Å². The summed E-state index contributed by atoms with van der Waals surface area (Å²) in [5, 5.41) is 13.0. The molecule has 1 saturated carbocycles. The summed E-state index contributed by atoms with van der Waals surface area (Å²) in [4.78, 5) is 25.4. The Morgan fingerprint density at radius 3 is 2.75 bits per heavy atom. The van der Waals surface area contributed by atoms with Gasteiger partial charge in [-0.2, -0.15) is 11.8 Å². The summed E-state index contributed by atoms with van der Waals surface area (Å²) in [6, 6.07) is 0.145. The number of nitrogens with one attached hydrogen (secondary N) is 1. The quantitative estimate of drug-likeness (QED) is 0.835.